The number of nitrogens with one attached hydrogen (secondary N) is 1. The zero-order valence-electron chi connectivity index (χ0n) is 7.82. The summed E-state index contributed by atoms with van der Waals surface area (Å²) < 4.78 is 13.7. The summed E-state index contributed by atoms with van der Waals surface area (Å²) in [6, 6.07) is 0. The molecule has 1 rings (SSSR count). The lowest BCUT2D eigenvalue weighted by Gasteiger charge is -2.16. The molecule has 0 unspecified atom stereocenters. The highest BCUT2D eigenvalue weighted by atomic mass is 19.1. The van der Waals surface area contributed by atoms with Crippen LogP contribution in [0.1, 0.15) is 32.6 Å². The maximum Gasteiger partial charge on any atom is 0.258 e. The average molecular weight is 183 g/mol. The Kier molecular flexibility index (Phi) is 3.30. The normalized spacial score (nSPS) is 18.9. The number of amides is 1. The van der Waals surface area contributed by atoms with Crippen molar-refractivity contribution in [3.63, 3.8) is 0 Å². The first-order valence-corrected chi connectivity index (χ1v) is 4.56. The zero-order chi connectivity index (χ0) is 9.73. The summed E-state index contributed by atoms with van der Waals surface area (Å²) in [5.74, 6) is 4.82. The SMILES string of the molecule is CC#CCNC(=O)C1(F)CCCC1. The van der Waals surface area contributed by atoms with Crippen LogP contribution in [0.4, 0.5) is 4.39 Å². The van der Waals surface area contributed by atoms with Gasteiger partial charge < -0.3 is 5.32 Å². The van der Waals surface area contributed by atoms with Crippen LogP contribution in [-0.2, 0) is 4.79 Å². The van der Waals surface area contributed by atoms with Gasteiger partial charge >= 0.3 is 0 Å². The molecule has 0 saturated heterocycles. The van der Waals surface area contributed by atoms with Gasteiger partial charge in [0.2, 0.25) is 0 Å². The Hall–Kier alpha value is -1.04. The summed E-state index contributed by atoms with van der Waals surface area (Å²) in [5.41, 5.74) is -1.62. The molecule has 0 aliphatic heterocycles. The third-order valence-corrected chi connectivity index (χ3v) is 2.32. The highest BCUT2D eigenvalue weighted by Gasteiger charge is 2.40. The number of rotatable bonds is 2. The van der Waals surface area contributed by atoms with Gasteiger partial charge in [0.25, 0.3) is 5.91 Å². The molecule has 3 heteroatoms. The Morgan fingerprint density at radius 3 is 2.69 bits per heavy atom. The predicted octanol–water partition coefficient (Wildman–Crippen LogP) is 1.41. The molecule has 1 amide bonds. The standard InChI is InChI=1S/C10H14FNO/c1-2-3-8-12-9(13)10(11)6-4-5-7-10/h4-8H2,1H3,(H,12,13). The number of hydrogen-bond acceptors (Lipinski definition) is 1. The summed E-state index contributed by atoms with van der Waals surface area (Å²) in [7, 11) is 0. The van der Waals surface area contributed by atoms with Gasteiger partial charge in [-0.25, -0.2) is 4.39 Å². The van der Waals surface area contributed by atoms with Gasteiger partial charge in [-0.05, 0) is 32.6 Å². The minimum absolute atomic E-state index is 0.251. The second-order valence-corrected chi connectivity index (χ2v) is 3.28. The Labute approximate surface area is 77.9 Å². The number of carbonyl (C=O) groups excluding carboxylic acids is 1. The van der Waals surface area contributed by atoms with Crippen LogP contribution < -0.4 is 5.32 Å². The molecule has 1 aliphatic rings. The minimum Gasteiger partial charge on any atom is -0.342 e. The Morgan fingerprint density at radius 2 is 2.15 bits per heavy atom. The van der Waals surface area contributed by atoms with E-state index in [0.29, 0.717) is 12.8 Å². The molecule has 2 nitrogen and oxygen atoms in total. The van der Waals surface area contributed by atoms with E-state index in [4.69, 9.17) is 0 Å². The summed E-state index contributed by atoms with van der Waals surface area (Å²) in [6.07, 6.45) is 2.34. The molecule has 0 aromatic heterocycles. The van der Waals surface area contributed by atoms with Crippen LogP contribution in [0.15, 0.2) is 0 Å². The molecule has 1 fully saturated rings. The van der Waals surface area contributed by atoms with Crippen molar-refractivity contribution in [2.75, 3.05) is 6.54 Å². The number of carbonyl (C=O) groups is 1. The largest absolute Gasteiger partial charge is 0.342 e. The van der Waals surface area contributed by atoms with Gasteiger partial charge in [-0.2, -0.15) is 0 Å². The predicted molar refractivity (Wildman–Crippen MR) is 48.8 cm³/mol. The van der Waals surface area contributed by atoms with E-state index in [-0.39, 0.29) is 6.54 Å². The van der Waals surface area contributed by atoms with E-state index in [2.05, 4.69) is 17.2 Å². The van der Waals surface area contributed by atoms with Crippen molar-refractivity contribution >= 4 is 5.91 Å². The second-order valence-electron chi connectivity index (χ2n) is 3.28. The third kappa shape index (κ3) is 2.45. The summed E-state index contributed by atoms with van der Waals surface area (Å²) in [4.78, 5) is 11.3. The van der Waals surface area contributed by atoms with Crippen LogP contribution in [0.3, 0.4) is 0 Å². The zero-order valence-corrected chi connectivity index (χ0v) is 7.82. The number of hydrogen-bond donors (Lipinski definition) is 1. The molecule has 0 aromatic rings. The molecule has 0 radical (unpaired) electrons. The summed E-state index contributed by atoms with van der Waals surface area (Å²) >= 11 is 0. The van der Waals surface area contributed by atoms with Crippen LogP contribution >= 0.6 is 0 Å². The van der Waals surface area contributed by atoms with Crippen molar-refractivity contribution in [2.45, 2.75) is 38.3 Å². The molecule has 0 atom stereocenters. The molecule has 0 heterocycles. The first-order chi connectivity index (χ1) is 6.19. The minimum atomic E-state index is -1.62. The number of alkyl halides is 1. The Morgan fingerprint density at radius 1 is 1.54 bits per heavy atom. The van der Waals surface area contributed by atoms with Gasteiger partial charge in [0.1, 0.15) is 0 Å². The van der Waals surface area contributed by atoms with E-state index in [0.717, 1.165) is 12.8 Å². The smallest absolute Gasteiger partial charge is 0.258 e. The van der Waals surface area contributed by atoms with Gasteiger partial charge in [0, 0.05) is 0 Å². The molecular formula is C10H14FNO. The fraction of sp³-hybridized carbons (Fsp3) is 0.700. The molecule has 1 aliphatic carbocycles. The fourth-order valence-electron chi connectivity index (χ4n) is 1.53. The van der Waals surface area contributed by atoms with E-state index in [1.165, 1.54) is 0 Å². The lowest BCUT2D eigenvalue weighted by molar-refractivity contribution is -0.132. The van der Waals surface area contributed by atoms with Crippen molar-refractivity contribution < 1.29 is 9.18 Å². The summed E-state index contributed by atoms with van der Waals surface area (Å²) in [6.45, 7) is 1.94. The van der Waals surface area contributed by atoms with Gasteiger partial charge in [-0.1, -0.05) is 5.92 Å². The van der Waals surface area contributed by atoms with Crippen molar-refractivity contribution in [1.82, 2.24) is 5.32 Å². The maximum absolute atomic E-state index is 13.7. The van der Waals surface area contributed by atoms with E-state index < -0.39 is 11.6 Å². The van der Waals surface area contributed by atoms with Gasteiger partial charge in [-0.15, -0.1) is 5.92 Å². The van der Waals surface area contributed by atoms with Gasteiger partial charge in [-0.3, -0.25) is 4.79 Å². The fourth-order valence-corrected chi connectivity index (χ4v) is 1.53. The van der Waals surface area contributed by atoms with E-state index >= 15 is 0 Å². The Balaban J connectivity index is 2.40. The molecule has 1 saturated carbocycles. The summed E-state index contributed by atoms with van der Waals surface area (Å²) in [5, 5.41) is 2.48. The topological polar surface area (TPSA) is 29.1 Å². The molecule has 72 valence electrons. The van der Waals surface area contributed by atoms with Gasteiger partial charge in [0.15, 0.2) is 5.67 Å². The highest BCUT2D eigenvalue weighted by Crippen LogP contribution is 2.33. The van der Waals surface area contributed by atoms with Crippen molar-refractivity contribution in [1.29, 1.82) is 0 Å². The van der Waals surface area contributed by atoms with Crippen molar-refractivity contribution in [2.24, 2.45) is 0 Å². The molecule has 1 N–H and O–H groups in total. The van der Waals surface area contributed by atoms with E-state index in [9.17, 15) is 9.18 Å². The molecule has 0 bridgehead atoms. The number of halogens is 1. The van der Waals surface area contributed by atoms with Crippen molar-refractivity contribution in [3.8, 4) is 11.8 Å². The first kappa shape index (κ1) is 10.0. The highest BCUT2D eigenvalue weighted by molar-refractivity contribution is 5.85. The van der Waals surface area contributed by atoms with Crippen LogP contribution in [0, 0.1) is 11.8 Å². The van der Waals surface area contributed by atoms with Crippen LogP contribution in [0.5, 0.6) is 0 Å². The third-order valence-electron chi connectivity index (χ3n) is 2.32. The van der Waals surface area contributed by atoms with Crippen LogP contribution in [-0.4, -0.2) is 18.1 Å². The van der Waals surface area contributed by atoms with Crippen LogP contribution in [0.25, 0.3) is 0 Å². The van der Waals surface area contributed by atoms with E-state index in [1.54, 1.807) is 6.92 Å². The molecular weight excluding hydrogens is 169 g/mol. The monoisotopic (exact) mass is 183 g/mol. The lowest BCUT2D eigenvalue weighted by atomic mass is 10.0. The first-order valence-electron chi connectivity index (χ1n) is 4.56. The Bertz CT molecular complexity index is 245. The van der Waals surface area contributed by atoms with Crippen molar-refractivity contribution in [3.05, 3.63) is 0 Å². The van der Waals surface area contributed by atoms with E-state index in [1.807, 2.05) is 0 Å². The van der Waals surface area contributed by atoms with Gasteiger partial charge in [0.05, 0.1) is 6.54 Å². The molecule has 0 aromatic carbocycles. The average Bonchev–Trinajstić information content (AvgIpc) is 2.54. The van der Waals surface area contributed by atoms with Crippen LogP contribution in [0.2, 0.25) is 0 Å². The quantitative estimate of drug-likeness (QED) is 0.644. The lowest BCUT2D eigenvalue weighted by Crippen LogP contribution is -2.41. The second kappa shape index (κ2) is 4.27. The molecule has 0 spiro atoms. The maximum atomic E-state index is 13.7. The molecule has 13 heavy (non-hydrogen) atoms.